The van der Waals surface area contributed by atoms with Crippen LogP contribution in [0, 0.1) is 11.3 Å². The minimum Gasteiger partial charge on any atom is -0.324 e. The van der Waals surface area contributed by atoms with Crippen LogP contribution in [0.2, 0.25) is 8.67 Å². The van der Waals surface area contributed by atoms with Crippen LogP contribution in [0.4, 0.5) is 0 Å². The lowest BCUT2D eigenvalue weighted by Crippen LogP contribution is -2.23. The molecule has 0 bridgehead atoms. The molecule has 1 nitrogen and oxygen atoms in total. The minimum absolute atomic E-state index is 0.0227. The van der Waals surface area contributed by atoms with Gasteiger partial charge < -0.3 is 5.73 Å². The largest absolute Gasteiger partial charge is 0.324 e. The predicted molar refractivity (Wildman–Crippen MR) is 74.5 cm³/mol. The zero-order valence-electron chi connectivity index (χ0n) is 10.2. The Kier molecular flexibility index (Phi) is 4.70. The number of hydrogen-bond donors (Lipinski definition) is 1. The maximum Gasteiger partial charge on any atom is 0.0991 e. The molecule has 16 heavy (non-hydrogen) atoms. The summed E-state index contributed by atoms with van der Waals surface area (Å²) in [6.07, 6.45) is 0.927. The van der Waals surface area contributed by atoms with Crippen LogP contribution in [-0.4, -0.2) is 0 Å². The van der Waals surface area contributed by atoms with Crippen molar-refractivity contribution in [2.45, 2.75) is 40.2 Å². The molecule has 92 valence electrons. The second kappa shape index (κ2) is 5.26. The first kappa shape index (κ1) is 14.3. The van der Waals surface area contributed by atoms with E-state index in [0.717, 1.165) is 16.3 Å². The summed E-state index contributed by atoms with van der Waals surface area (Å²) in [6, 6.07) is 1.86. The fourth-order valence-electron chi connectivity index (χ4n) is 1.47. The Bertz CT molecular complexity index is 354. The van der Waals surface area contributed by atoms with Gasteiger partial charge in [-0.3, -0.25) is 0 Å². The number of halogens is 2. The Morgan fingerprint density at radius 3 is 2.31 bits per heavy atom. The van der Waals surface area contributed by atoms with Crippen molar-refractivity contribution in [3.8, 4) is 0 Å². The first-order valence-corrected chi connectivity index (χ1v) is 6.99. The van der Waals surface area contributed by atoms with Crippen LogP contribution in [-0.2, 0) is 0 Å². The van der Waals surface area contributed by atoms with Crippen molar-refractivity contribution >= 4 is 34.5 Å². The molecule has 0 aliphatic carbocycles. The first-order chi connectivity index (χ1) is 7.21. The molecule has 1 heterocycles. The van der Waals surface area contributed by atoms with E-state index in [-0.39, 0.29) is 11.5 Å². The van der Waals surface area contributed by atoms with Gasteiger partial charge in [0.15, 0.2) is 0 Å². The van der Waals surface area contributed by atoms with Crippen LogP contribution in [0.25, 0.3) is 0 Å². The second-order valence-corrected chi connectivity index (χ2v) is 7.67. The van der Waals surface area contributed by atoms with Gasteiger partial charge in [0.05, 0.1) is 8.67 Å². The molecule has 0 aromatic carbocycles. The molecular weight excluding hydrogens is 261 g/mol. The summed E-state index contributed by atoms with van der Waals surface area (Å²) in [6.45, 7) is 8.91. The van der Waals surface area contributed by atoms with Gasteiger partial charge in [0.25, 0.3) is 0 Å². The highest BCUT2D eigenvalue weighted by Gasteiger charge is 2.24. The topological polar surface area (TPSA) is 26.0 Å². The number of hydrogen-bond acceptors (Lipinski definition) is 2. The van der Waals surface area contributed by atoms with Gasteiger partial charge in [-0.15, -0.1) is 11.3 Å². The molecule has 0 aliphatic rings. The molecule has 0 fully saturated rings. The van der Waals surface area contributed by atoms with Crippen LogP contribution in [0.3, 0.4) is 0 Å². The van der Waals surface area contributed by atoms with Crippen LogP contribution >= 0.6 is 34.5 Å². The fourth-order valence-corrected chi connectivity index (χ4v) is 3.06. The van der Waals surface area contributed by atoms with Crippen molar-refractivity contribution in [2.75, 3.05) is 0 Å². The summed E-state index contributed by atoms with van der Waals surface area (Å²) in [5.74, 6) is 0.539. The second-order valence-electron chi connectivity index (χ2n) is 5.39. The Morgan fingerprint density at radius 2 is 1.94 bits per heavy atom. The molecule has 1 aromatic heterocycles. The zero-order valence-corrected chi connectivity index (χ0v) is 12.5. The summed E-state index contributed by atoms with van der Waals surface area (Å²) in [4.78, 5) is 0. The molecule has 0 amide bonds. The molecule has 2 N–H and O–H groups in total. The van der Waals surface area contributed by atoms with E-state index in [1.165, 1.54) is 11.3 Å². The zero-order chi connectivity index (χ0) is 12.5. The van der Waals surface area contributed by atoms with Crippen molar-refractivity contribution in [3.05, 3.63) is 20.3 Å². The molecule has 0 radical (unpaired) electrons. The van der Waals surface area contributed by atoms with Gasteiger partial charge in [-0.1, -0.05) is 50.9 Å². The van der Waals surface area contributed by atoms with Gasteiger partial charge in [-0.2, -0.15) is 0 Å². The number of rotatable bonds is 3. The van der Waals surface area contributed by atoms with E-state index in [2.05, 4.69) is 27.7 Å². The third-order valence-corrected chi connectivity index (χ3v) is 4.69. The summed E-state index contributed by atoms with van der Waals surface area (Å²) < 4.78 is 1.43. The summed E-state index contributed by atoms with van der Waals surface area (Å²) in [7, 11) is 0. The highest BCUT2D eigenvalue weighted by molar-refractivity contribution is 7.20. The maximum atomic E-state index is 6.17. The van der Waals surface area contributed by atoms with E-state index in [1.807, 2.05) is 6.07 Å². The van der Waals surface area contributed by atoms with E-state index in [1.54, 1.807) is 0 Å². The molecule has 0 spiro atoms. The van der Waals surface area contributed by atoms with Gasteiger partial charge >= 0.3 is 0 Å². The minimum atomic E-state index is -0.0227. The van der Waals surface area contributed by atoms with Crippen molar-refractivity contribution in [3.63, 3.8) is 0 Å². The molecule has 1 aromatic rings. The van der Waals surface area contributed by atoms with Gasteiger partial charge in [-0.25, -0.2) is 0 Å². The molecule has 1 rings (SSSR count). The van der Waals surface area contributed by atoms with Gasteiger partial charge in [0.1, 0.15) is 0 Å². The Labute approximate surface area is 112 Å². The smallest absolute Gasteiger partial charge is 0.0991 e. The van der Waals surface area contributed by atoms with Gasteiger partial charge in [-0.05, 0) is 29.4 Å². The number of thiophene rings is 1. The summed E-state index contributed by atoms with van der Waals surface area (Å²) in [5.41, 5.74) is 7.42. The van der Waals surface area contributed by atoms with Gasteiger partial charge in [0, 0.05) is 6.04 Å². The highest BCUT2D eigenvalue weighted by Crippen LogP contribution is 2.38. The molecule has 2 unspecified atom stereocenters. The highest BCUT2D eigenvalue weighted by atomic mass is 35.5. The lowest BCUT2D eigenvalue weighted by Gasteiger charge is -2.29. The van der Waals surface area contributed by atoms with E-state index in [4.69, 9.17) is 28.9 Å². The maximum absolute atomic E-state index is 6.17. The summed E-state index contributed by atoms with van der Waals surface area (Å²) in [5, 5.41) is 0. The van der Waals surface area contributed by atoms with E-state index in [9.17, 15) is 0 Å². The van der Waals surface area contributed by atoms with Crippen molar-refractivity contribution in [2.24, 2.45) is 17.1 Å². The average molecular weight is 280 g/mol. The standard InChI is InChI=1S/C12H19Cl2NS/c1-7(12(2,3)4)5-9(15)8-6-10(13)16-11(8)14/h6-7,9H,5,15H2,1-4H3. The van der Waals surface area contributed by atoms with Crippen molar-refractivity contribution < 1.29 is 0 Å². The van der Waals surface area contributed by atoms with Crippen molar-refractivity contribution in [1.82, 2.24) is 0 Å². The lowest BCUT2D eigenvalue weighted by atomic mass is 9.78. The van der Waals surface area contributed by atoms with E-state index in [0.29, 0.717) is 10.3 Å². The molecule has 2 atom stereocenters. The number of nitrogens with two attached hydrogens (primary N) is 1. The lowest BCUT2D eigenvalue weighted by molar-refractivity contribution is 0.234. The average Bonchev–Trinajstić information content (AvgIpc) is 2.43. The Morgan fingerprint density at radius 1 is 1.38 bits per heavy atom. The van der Waals surface area contributed by atoms with E-state index < -0.39 is 0 Å². The van der Waals surface area contributed by atoms with Crippen LogP contribution in [0.5, 0.6) is 0 Å². The third-order valence-electron chi connectivity index (χ3n) is 3.17. The Hall–Kier alpha value is 0.240. The predicted octanol–water partition coefficient (Wildman–Crippen LogP) is 5.13. The third kappa shape index (κ3) is 3.63. The fraction of sp³-hybridized carbons (Fsp3) is 0.667. The van der Waals surface area contributed by atoms with E-state index >= 15 is 0 Å². The van der Waals surface area contributed by atoms with Gasteiger partial charge in [0.2, 0.25) is 0 Å². The van der Waals surface area contributed by atoms with Crippen LogP contribution in [0.15, 0.2) is 6.07 Å². The van der Waals surface area contributed by atoms with Crippen LogP contribution < -0.4 is 5.73 Å². The monoisotopic (exact) mass is 279 g/mol. The molecule has 0 saturated carbocycles. The normalized spacial score (nSPS) is 16.2. The Balaban J connectivity index is 2.73. The molecular formula is C12H19Cl2NS. The summed E-state index contributed by atoms with van der Waals surface area (Å²) >= 11 is 13.4. The first-order valence-electron chi connectivity index (χ1n) is 5.42. The SMILES string of the molecule is CC(CC(N)c1cc(Cl)sc1Cl)C(C)(C)C. The molecule has 4 heteroatoms. The van der Waals surface area contributed by atoms with Crippen LogP contribution in [0.1, 0.15) is 45.7 Å². The molecule has 0 aliphatic heterocycles. The van der Waals surface area contributed by atoms with Crippen molar-refractivity contribution in [1.29, 1.82) is 0 Å². The quantitative estimate of drug-likeness (QED) is 0.816. The molecule has 0 saturated heterocycles.